The number of nitrogens with one attached hydrogen (secondary N) is 2. The summed E-state index contributed by atoms with van der Waals surface area (Å²) in [7, 11) is 0. The molecule has 118 valence electrons. The van der Waals surface area contributed by atoms with Crippen LogP contribution in [0, 0.1) is 17.3 Å². The molecule has 0 aromatic heterocycles. The Bertz CT molecular complexity index is 297. The van der Waals surface area contributed by atoms with Crippen LogP contribution >= 0.6 is 0 Å². The smallest absolute Gasteiger partial charge is 0.220 e. The first-order valence-electron chi connectivity index (χ1n) is 7.95. The molecule has 0 spiro atoms. The molecule has 1 aliphatic heterocycles. The van der Waals surface area contributed by atoms with Crippen molar-refractivity contribution in [3.63, 3.8) is 0 Å². The van der Waals surface area contributed by atoms with E-state index in [1.165, 1.54) is 12.8 Å². The molecular formula is C16H32N2O2. The first kappa shape index (κ1) is 17.4. The van der Waals surface area contributed by atoms with Gasteiger partial charge in [-0.3, -0.25) is 4.79 Å². The summed E-state index contributed by atoms with van der Waals surface area (Å²) in [6.45, 7) is 10.9. The van der Waals surface area contributed by atoms with Gasteiger partial charge < -0.3 is 15.7 Å². The third-order valence-electron chi connectivity index (χ3n) is 4.31. The Morgan fingerprint density at radius 2 is 1.95 bits per heavy atom. The Labute approximate surface area is 123 Å². The number of rotatable bonds is 7. The predicted octanol–water partition coefficient (Wildman–Crippen LogP) is 1.93. The van der Waals surface area contributed by atoms with Crippen LogP contribution in [0.15, 0.2) is 0 Å². The second-order valence-electron chi connectivity index (χ2n) is 7.26. The lowest BCUT2D eigenvalue weighted by Crippen LogP contribution is -2.37. The van der Waals surface area contributed by atoms with Crippen molar-refractivity contribution in [2.24, 2.45) is 17.3 Å². The van der Waals surface area contributed by atoms with Gasteiger partial charge in [0, 0.05) is 13.0 Å². The van der Waals surface area contributed by atoms with E-state index in [2.05, 4.69) is 31.4 Å². The highest BCUT2D eigenvalue weighted by Gasteiger charge is 2.24. The van der Waals surface area contributed by atoms with E-state index >= 15 is 0 Å². The van der Waals surface area contributed by atoms with Crippen molar-refractivity contribution >= 4 is 5.91 Å². The number of aliphatic hydroxyl groups is 1. The summed E-state index contributed by atoms with van der Waals surface area (Å²) in [6, 6.07) is 0. The number of carbonyl (C=O) groups excluding carboxylic acids is 1. The molecule has 1 aliphatic rings. The molecule has 0 aliphatic carbocycles. The van der Waals surface area contributed by atoms with Crippen molar-refractivity contribution in [3.05, 3.63) is 0 Å². The van der Waals surface area contributed by atoms with Gasteiger partial charge in [0.2, 0.25) is 5.91 Å². The first-order chi connectivity index (χ1) is 9.30. The predicted molar refractivity (Wildman–Crippen MR) is 82.5 cm³/mol. The highest BCUT2D eigenvalue weighted by molar-refractivity contribution is 5.76. The van der Waals surface area contributed by atoms with Crippen LogP contribution in [-0.2, 0) is 4.79 Å². The topological polar surface area (TPSA) is 61.4 Å². The lowest BCUT2D eigenvalue weighted by molar-refractivity contribution is -0.122. The zero-order valence-corrected chi connectivity index (χ0v) is 13.5. The number of hydrogen-bond acceptors (Lipinski definition) is 3. The minimum Gasteiger partial charge on any atom is -0.393 e. The van der Waals surface area contributed by atoms with E-state index in [1.807, 2.05) is 0 Å². The van der Waals surface area contributed by atoms with Crippen LogP contribution in [0.2, 0.25) is 0 Å². The largest absolute Gasteiger partial charge is 0.393 e. The molecule has 1 saturated heterocycles. The SMILES string of the molecule is CC(O)CC(C)(C)CNC(=O)CC(C)C1CCNCC1. The van der Waals surface area contributed by atoms with Gasteiger partial charge in [0.05, 0.1) is 6.10 Å². The van der Waals surface area contributed by atoms with Crippen LogP contribution in [0.1, 0.15) is 53.4 Å². The molecular weight excluding hydrogens is 252 g/mol. The molecule has 4 heteroatoms. The van der Waals surface area contributed by atoms with E-state index < -0.39 is 0 Å². The van der Waals surface area contributed by atoms with Crippen LogP contribution in [0.3, 0.4) is 0 Å². The molecule has 0 aromatic rings. The Balaban J connectivity index is 2.28. The molecule has 3 N–H and O–H groups in total. The molecule has 0 aromatic carbocycles. The Hall–Kier alpha value is -0.610. The Kier molecular flexibility index (Phi) is 6.96. The highest BCUT2D eigenvalue weighted by atomic mass is 16.3. The van der Waals surface area contributed by atoms with E-state index in [0.29, 0.717) is 31.2 Å². The number of piperidine rings is 1. The van der Waals surface area contributed by atoms with Crippen molar-refractivity contribution in [2.75, 3.05) is 19.6 Å². The monoisotopic (exact) mass is 284 g/mol. The fourth-order valence-electron chi connectivity index (χ4n) is 3.15. The van der Waals surface area contributed by atoms with Gasteiger partial charge in [0.15, 0.2) is 0 Å². The second kappa shape index (κ2) is 7.99. The third-order valence-corrected chi connectivity index (χ3v) is 4.31. The molecule has 1 fully saturated rings. The molecule has 2 atom stereocenters. The average Bonchev–Trinajstić information content (AvgIpc) is 2.36. The van der Waals surface area contributed by atoms with Crippen LogP contribution in [0.25, 0.3) is 0 Å². The lowest BCUT2D eigenvalue weighted by atomic mass is 9.83. The van der Waals surface area contributed by atoms with Gasteiger partial charge in [-0.25, -0.2) is 0 Å². The standard InChI is InChI=1S/C16H32N2O2/c1-12(14-5-7-17-8-6-14)9-15(20)18-11-16(3,4)10-13(2)19/h12-14,17,19H,5-11H2,1-4H3,(H,18,20). The third kappa shape index (κ3) is 6.71. The van der Waals surface area contributed by atoms with Crippen molar-refractivity contribution in [3.8, 4) is 0 Å². The summed E-state index contributed by atoms with van der Waals surface area (Å²) in [4.78, 5) is 12.0. The Morgan fingerprint density at radius 3 is 2.50 bits per heavy atom. The van der Waals surface area contributed by atoms with E-state index in [4.69, 9.17) is 0 Å². The van der Waals surface area contributed by atoms with E-state index in [0.717, 1.165) is 13.1 Å². The van der Waals surface area contributed by atoms with Crippen LogP contribution in [0.5, 0.6) is 0 Å². The summed E-state index contributed by atoms with van der Waals surface area (Å²) in [5.41, 5.74) is -0.0537. The maximum Gasteiger partial charge on any atom is 0.220 e. The number of hydrogen-bond donors (Lipinski definition) is 3. The summed E-state index contributed by atoms with van der Waals surface area (Å²) in [5, 5.41) is 15.8. The highest BCUT2D eigenvalue weighted by Crippen LogP contribution is 2.25. The summed E-state index contributed by atoms with van der Waals surface area (Å²) in [5.74, 6) is 1.28. The molecule has 1 amide bonds. The van der Waals surface area contributed by atoms with Gasteiger partial charge in [-0.15, -0.1) is 0 Å². The minimum absolute atomic E-state index is 0.0537. The van der Waals surface area contributed by atoms with Crippen molar-refractivity contribution in [2.45, 2.75) is 59.5 Å². The van der Waals surface area contributed by atoms with Crippen molar-refractivity contribution < 1.29 is 9.90 Å². The van der Waals surface area contributed by atoms with Gasteiger partial charge in [-0.2, -0.15) is 0 Å². The van der Waals surface area contributed by atoms with Crippen LogP contribution in [0.4, 0.5) is 0 Å². The van der Waals surface area contributed by atoms with Gasteiger partial charge in [0.1, 0.15) is 0 Å². The van der Waals surface area contributed by atoms with Crippen LogP contribution < -0.4 is 10.6 Å². The number of carbonyl (C=O) groups is 1. The van der Waals surface area contributed by atoms with Crippen LogP contribution in [-0.4, -0.2) is 36.8 Å². The molecule has 0 bridgehead atoms. The summed E-state index contributed by atoms with van der Waals surface area (Å²) >= 11 is 0. The fraction of sp³-hybridized carbons (Fsp3) is 0.938. The summed E-state index contributed by atoms with van der Waals surface area (Å²) < 4.78 is 0. The van der Waals surface area contributed by atoms with E-state index in [1.54, 1.807) is 6.92 Å². The maximum atomic E-state index is 12.0. The van der Waals surface area contributed by atoms with Gasteiger partial charge in [-0.1, -0.05) is 20.8 Å². The van der Waals surface area contributed by atoms with E-state index in [9.17, 15) is 9.90 Å². The van der Waals surface area contributed by atoms with Gasteiger partial charge >= 0.3 is 0 Å². The quantitative estimate of drug-likeness (QED) is 0.669. The number of aliphatic hydroxyl groups excluding tert-OH is 1. The zero-order chi connectivity index (χ0) is 15.2. The normalized spacial score (nSPS) is 20.4. The maximum absolute atomic E-state index is 12.0. The Morgan fingerprint density at radius 1 is 1.35 bits per heavy atom. The fourth-order valence-corrected chi connectivity index (χ4v) is 3.15. The molecule has 0 saturated carbocycles. The second-order valence-corrected chi connectivity index (χ2v) is 7.26. The molecule has 2 unspecified atom stereocenters. The number of amides is 1. The van der Waals surface area contributed by atoms with Gasteiger partial charge in [0.25, 0.3) is 0 Å². The molecule has 20 heavy (non-hydrogen) atoms. The summed E-state index contributed by atoms with van der Waals surface area (Å²) in [6.07, 6.45) is 3.37. The molecule has 1 heterocycles. The molecule has 4 nitrogen and oxygen atoms in total. The average molecular weight is 284 g/mol. The molecule has 1 rings (SSSR count). The lowest BCUT2D eigenvalue weighted by Gasteiger charge is -2.29. The van der Waals surface area contributed by atoms with Gasteiger partial charge in [-0.05, 0) is 56.5 Å². The van der Waals surface area contributed by atoms with Crippen molar-refractivity contribution in [1.29, 1.82) is 0 Å². The first-order valence-corrected chi connectivity index (χ1v) is 7.95. The van der Waals surface area contributed by atoms with Crippen molar-refractivity contribution in [1.82, 2.24) is 10.6 Å². The zero-order valence-electron chi connectivity index (χ0n) is 13.5. The van der Waals surface area contributed by atoms with E-state index in [-0.39, 0.29) is 17.4 Å². The minimum atomic E-state index is -0.324. The molecule has 0 radical (unpaired) electrons.